The molecule has 0 heterocycles. The summed E-state index contributed by atoms with van der Waals surface area (Å²) in [7, 11) is 0. The normalized spacial score (nSPS) is 13.3. The lowest BCUT2D eigenvalue weighted by Crippen LogP contribution is -2.09. The fraction of sp³-hybridized carbons (Fsp3) is 0.400. The second-order valence-corrected chi connectivity index (χ2v) is 9.57. The number of hydrogen-bond acceptors (Lipinski definition) is 1. The van der Waals surface area contributed by atoms with Crippen LogP contribution in [0.2, 0.25) is 0 Å². The molecule has 31 heavy (non-hydrogen) atoms. The van der Waals surface area contributed by atoms with E-state index in [0.717, 1.165) is 18.4 Å². The fourth-order valence-electron chi connectivity index (χ4n) is 4.88. The Morgan fingerprint density at radius 3 is 1.61 bits per heavy atom. The van der Waals surface area contributed by atoms with E-state index in [4.69, 9.17) is 0 Å². The third kappa shape index (κ3) is 4.71. The molecule has 0 bridgehead atoms. The minimum atomic E-state index is 0.250. The van der Waals surface area contributed by atoms with E-state index in [1.807, 2.05) is 12.1 Å². The molecule has 0 spiro atoms. The summed E-state index contributed by atoms with van der Waals surface area (Å²) in [5, 5.41) is 10.9. The smallest absolute Gasteiger partial charge is 0.119 e. The van der Waals surface area contributed by atoms with Gasteiger partial charge in [-0.3, -0.25) is 0 Å². The molecule has 0 radical (unpaired) electrons. The van der Waals surface area contributed by atoms with Crippen LogP contribution in [0.1, 0.15) is 81.3 Å². The van der Waals surface area contributed by atoms with Crippen LogP contribution in [0, 0.1) is 41.5 Å². The maximum Gasteiger partial charge on any atom is 0.119 e. The molecule has 0 saturated carbocycles. The van der Waals surface area contributed by atoms with Crippen molar-refractivity contribution in [3.63, 3.8) is 0 Å². The predicted octanol–water partition coefficient (Wildman–Crippen LogP) is 7.94. The zero-order valence-corrected chi connectivity index (χ0v) is 20.6. The second kappa shape index (κ2) is 9.30. The van der Waals surface area contributed by atoms with Crippen LogP contribution < -0.4 is 0 Å². The number of aryl methyl sites for hydroxylation is 2. The SMILES string of the molecule is Cc1ccc(CC(C)c2cccc(O)c2C(C)Cc2ccc(C)c(C)c2C)c(C)c1C. The summed E-state index contributed by atoms with van der Waals surface area (Å²) < 4.78 is 0. The molecule has 0 aliphatic heterocycles. The Balaban J connectivity index is 1.93. The van der Waals surface area contributed by atoms with Crippen LogP contribution in [0.3, 0.4) is 0 Å². The van der Waals surface area contributed by atoms with E-state index in [1.54, 1.807) is 0 Å². The summed E-state index contributed by atoms with van der Waals surface area (Å²) in [6.45, 7) is 17.8. The molecule has 1 N–H and O–H groups in total. The Morgan fingerprint density at radius 2 is 1.10 bits per heavy atom. The van der Waals surface area contributed by atoms with Crippen molar-refractivity contribution in [1.82, 2.24) is 0 Å². The van der Waals surface area contributed by atoms with Crippen LogP contribution in [0.5, 0.6) is 5.75 Å². The van der Waals surface area contributed by atoms with Crippen LogP contribution in [0.15, 0.2) is 42.5 Å². The Bertz CT molecular complexity index is 1090. The molecular formula is C30H38O. The van der Waals surface area contributed by atoms with E-state index in [-0.39, 0.29) is 5.92 Å². The summed E-state index contributed by atoms with van der Waals surface area (Å²) in [6, 6.07) is 15.0. The van der Waals surface area contributed by atoms with Crippen molar-refractivity contribution in [1.29, 1.82) is 0 Å². The molecule has 3 aromatic rings. The highest BCUT2D eigenvalue weighted by atomic mass is 16.3. The molecule has 2 atom stereocenters. The zero-order chi connectivity index (χ0) is 22.9. The van der Waals surface area contributed by atoms with Crippen LogP contribution in [0.4, 0.5) is 0 Å². The van der Waals surface area contributed by atoms with Gasteiger partial charge in [0.15, 0.2) is 0 Å². The third-order valence-electron chi connectivity index (χ3n) is 7.53. The van der Waals surface area contributed by atoms with Gasteiger partial charge in [-0.2, -0.15) is 0 Å². The summed E-state index contributed by atoms with van der Waals surface area (Å²) in [5.74, 6) is 1.02. The molecule has 0 saturated heterocycles. The van der Waals surface area contributed by atoms with Crippen LogP contribution in [0.25, 0.3) is 0 Å². The Hall–Kier alpha value is -2.54. The molecule has 0 aliphatic rings. The van der Waals surface area contributed by atoms with E-state index in [9.17, 15) is 5.11 Å². The minimum absolute atomic E-state index is 0.250. The quantitative estimate of drug-likeness (QED) is 0.434. The molecule has 0 aromatic heterocycles. The first-order valence-corrected chi connectivity index (χ1v) is 11.5. The van der Waals surface area contributed by atoms with Gasteiger partial charge in [0.1, 0.15) is 5.75 Å². The van der Waals surface area contributed by atoms with E-state index < -0.39 is 0 Å². The summed E-state index contributed by atoms with van der Waals surface area (Å²) in [6.07, 6.45) is 1.92. The first-order chi connectivity index (χ1) is 14.6. The lowest BCUT2D eigenvalue weighted by Gasteiger charge is -2.24. The van der Waals surface area contributed by atoms with E-state index in [2.05, 4.69) is 85.7 Å². The standard InChI is InChI=1S/C30H38O/c1-18-12-14-26(24(7)22(18)5)16-20(3)28-10-9-11-29(31)30(28)21(4)17-27-15-13-19(2)23(6)25(27)8/h9-15,20-21,31H,16-17H2,1-8H3. The fourth-order valence-corrected chi connectivity index (χ4v) is 4.88. The molecule has 1 heteroatoms. The molecule has 0 amide bonds. The topological polar surface area (TPSA) is 20.2 Å². The average Bonchev–Trinajstić information content (AvgIpc) is 2.74. The Labute approximate surface area is 189 Å². The highest BCUT2D eigenvalue weighted by Crippen LogP contribution is 2.37. The first-order valence-electron chi connectivity index (χ1n) is 11.5. The van der Waals surface area contributed by atoms with Gasteiger partial charge >= 0.3 is 0 Å². The monoisotopic (exact) mass is 414 g/mol. The lowest BCUT2D eigenvalue weighted by atomic mass is 9.81. The minimum Gasteiger partial charge on any atom is -0.508 e. The maximum absolute atomic E-state index is 10.9. The Kier molecular flexibility index (Phi) is 6.94. The number of rotatable bonds is 6. The lowest BCUT2D eigenvalue weighted by molar-refractivity contribution is 0.459. The average molecular weight is 415 g/mol. The van der Waals surface area contributed by atoms with E-state index in [1.165, 1.54) is 50.1 Å². The van der Waals surface area contributed by atoms with Crippen molar-refractivity contribution in [2.24, 2.45) is 0 Å². The molecule has 3 rings (SSSR count). The summed E-state index contributed by atoms with van der Waals surface area (Å²) in [4.78, 5) is 0. The molecule has 1 nitrogen and oxygen atoms in total. The highest BCUT2D eigenvalue weighted by molar-refractivity contribution is 5.47. The van der Waals surface area contributed by atoms with Crippen molar-refractivity contribution >= 4 is 0 Å². The van der Waals surface area contributed by atoms with Gasteiger partial charge in [0.2, 0.25) is 0 Å². The summed E-state index contributed by atoms with van der Waals surface area (Å²) in [5.41, 5.74) is 13.4. The van der Waals surface area contributed by atoms with Gasteiger partial charge in [-0.05, 0) is 122 Å². The van der Waals surface area contributed by atoms with Gasteiger partial charge in [-0.1, -0.05) is 50.2 Å². The van der Waals surface area contributed by atoms with Crippen molar-refractivity contribution < 1.29 is 5.11 Å². The number of hydrogen-bond donors (Lipinski definition) is 1. The molecule has 3 aromatic carbocycles. The van der Waals surface area contributed by atoms with Crippen molar-refractivity contribution in [3.05, 3.63) is 98.1 Å². The Morgan fingerprint density at radius 1 is 0.613 bits per heavy atom. The predicted molar refractivity (Wildman–Crippen MR) is 134 cm³/mol. The molecule has 0 fully saturated rings. The van der Waals surface area contributed by atoms with Crippen molar-refractivity contribution in [2.45, 2.75) is 80.1 Å². The van der Waals surface area contributed by atoms with Gasteiger partial charge < -0.3 is 5.11 Å². The second-order valence-electron chi connectivity index (χ2n) is 9.57. The number of aromatic hydroxyl groups is 1. The molecule has 164 valence electrons. The van der Waals surface area contributed by atoms with Gasteiger partial charge in [-0.15, -0.1) is 0 Å². The van der Waals surface area contributed by atoms with Crippen molar-refractivity contribution in [2.75, 3.05) is 0 Å². The third-order valence-corrected chi connectivity index (χ3v) is 7.53. The molecule has 2 unspecified atom stereocenters. The van der Waals surface area contributed by atoms with E-state index in [0.29, 0.717) is 11.7 Å². The highest BCUT2D eigenvalue weighted by Gasteiger charge is 2.21. The molecular weight excluding hydrogens is 376 g/mol. The number of benzene rings is 3. The number of phenols is 1. The molecule has 0 aliphatic carbocycles. The maximum atomic E-state index is 10.9. The van der Waals surface area contributed by atoms with Gasteiger partial charge in [0.05, 0.1) is 0 Å². The van der Waals surface area contributed by atoms with Gasteiger partial charge in [0, 0.05) is 5.56 Å². The first kappa shape index (κ1) is 23.1. The summed E-state index contributed by atoms with van der Waals surface area (Å²) >= 11 is 0. The van der Waals surface area contributed by atoms with Crippen LogP contribution >= 0.6 is 0 Å². The van der Waals surface area contributed by atoms with Crippen molar-refractivity contribution in [3.8, 4) is 5.75 Å². The van der Waals surface area contributed by atoms with Crippen LogP contribution in [-0.2, 0) is 12.8 Å². The van der Waals surface area contributed by atoms with Gasteiger partial charge in [0.25, 0.3) is 0 Å². The van der Waals surface area contributed by atoms with Crippen LogP contribution in [-0.4, -0.2) is 5.11 Å². The van der Waals surface area contributed by atoms with Gasteiger partial charge in [-0.25, -0.2) is 0 Å². The largest absolute Gasteiger partial charge is 0.508 e. The number of phenolic OH excluding ortho intramolecular Hbond substituents is 1. The zero-order valence-electron chi connectivity index (χ0n) is 20.6. The van der Waals surface area contributed by atoms with E-state index >= 15 is 0 Å².